The molecule has 0 amide bonds. The number of rotatable bonds is 1. The van der Waals surface area contributed by atoms with Crippen molar-refractivity contribution in [2.75, 3.05) is 6.61 Å². The molecule has 1 heteroatoms. The second kappa shape index (κ2) is 3.74. The van der Waals surface area contributed by atoms with E-state index in [4.69, 9.17) is 4.74 Å². The van der Waals surface area contributed by atoms with Gasteiger partial charge in [-0.1, -0.05) is 30.4 Å². The molecule has 1 aromatic rings. The van der Waals surface area contributed by atoms with Gasteiger partial charge in [0.2, 0.25) is 0 Å². The van der Waals surface area contributed by atoms with Crippen molar-refractivity contribution >= 4 is 6.08 Å². The zero-order valence-corrected chi connectivity index (χ0v) is 9.83. The highest BCUT2D eigenvalue weighted by Crippen LogP contribution is 2.36. The summed E-state index contributed by atoms with van der Waals surface area (Å²) >= 11 is 0. The molecule has 1 aromatic carbocycles. The second-order valence-corrected chi connectivity index (χ2v) is 5.06. The van der Waals surface area contributed by atoms with Gasteiger partial charge in [0, 0.05) is 6.61 Å². The van der Waals surface area contributed by atoms with Crippen LogP contribution in [0, 0.1) is 0 Å². The van der Waals surface area contributed by atoms with Crippen LogP contribution in [-0.2, 0) is 16.8 Å². The van der Waals surface area contributed by atoms with Crippen molar-refractivity contribution in [1.29, 1.82) is 0 Å². The van der Waals surface area contributed by atoms with Crippen LogP contribution in [0.15, 0.2) is 24.3 Å². The van der Waals surface area contributed by atoms with Crippen LogP contribution in [-0.4, -0.2) is 6.61 Å². The Hall–Kier alpha value is -1.08. The average Bonchev–Trinajstić information content (AvgIpc) is 2.77. The Balaban J connectivity index is 1.94. The molecule has 84 valence electrons. The van der Waals surface area contributed by atoms with Gasteiger partial charge in [-0.2, -0.15) is 0 Å². The highest BCUT2D eigenvalue weighted by molar-refractivity contribution is 5.60. The Kier molecular flexibility index (Phi) is 2.36. The molecule has 0 saturated carbocycles. The summed E-state index contributed by atoms with van der Waals surface area (Å²) in [6.45, 7) is 3.14. The van der Waals surface area contributed by atoms with Crippen molar-refractivity contribution in [3.05, 3.63) is 41.0 Å². The summed E-state index contributed by atoms with van der Waals surface area (Å²) in [6, 6.07) is 6.80. The molecule has 1 fully saturated rings. The lowest BCUT2D eigenvalue weighted by molar-refractivity contribution is -0.0701. The van der Waals surface area contributed by atoms with Crippen molar-refractivity contribution < 1.29 is 4.74 Å². The first kappa shape index (κ1) is 10.1. The summed E-state index contributed by atoms with van der Waals surface area (Å²) < 4.78 is 5.99. The molecule has 1 heterocycles. The van der Waals surface area contributed by atoms with E-state index in [9.17, 15) is 0 Å². The highest BCUT2D eigenvalue weighted by atomic mass is 16.5. The maximum atomic E-state index is 5.99. The van der Waals surface area contributed by atoms with Crippen LogP contribution in [0.25, 0.3) is 6.08 Å². The molecule has 1 aliphatic heterocycles. The fraction of sp³-hybridized carbons (Fsp3) is 0.467. The summed E-state index contributed by atoms with van der Waals surface area (Å²) in [5.41, 5.74) is 4.14. The zero-order valence-electron chi connectivity index (χ0n) is 9.83. The minimum atomic E-state index is -0.0458. The lowest BCUT2D eigenvalue weighted by Gasteiger charge is -2.34. The number of allylic oxidation sites excluding steroid dienone is 1. The smallest absolute Gasteiger partial charge is 0.0903 e. The summed E-state index contributed by atoms with van der Waals surface area (Å²) in [5.74, 6) is 0. The maximum Gasteiger partial charge on any atom is 0.0903 e. The zero-order chi connectivity index (χ0) is 11.0. The van der Waals surface area contributed by atoms with Gasteiger partial charge in [-0.3, -0.25) is 0 Å². The predicted octanol–water partition coefficient (Wildman–Crippen LogP) is 3.67. The summed E-state index contributed by atoms with van der Waals surface area (Å²) in [4.78, 5) is 0. The molecule has 1 unspecified atom stereocenters. The molecule has 0 aromatic heterocycles. The normalized spacial score (nSPS) is 28.1. The lowest BCUT2D eigenvalue weighted by Crippen LogP contribution is -2.30. The standard InChI is InChI=1S/C15H18O/c1-15(9-2-3-10-16-15)14-8-7-12-5-4-6-13(12)11-14/h4-5,7-8,11H,2-3,6,9-10H2,1H3. The molecular weight excluding hydrogens is 196 g/mol. The first-order valence-electron chi connectivity index (χ1n) is 6.22. The van der Waals surface area contributed by atoms with Gasteiger partial charge in [0.1, 0.15) is 0 Å². The van der Waals surface area contributed by atoms with Gasteiger partial charge in [0.15, 0.2) is 0 Å². The third kappa shape index (κ3) is 1.60. The number of fused-ring (bicyclic) bond motifs is 1. The number of hydrogen-bond donors (Lipinski definition) is 0. The van der Waals surface area contributed by atoms with Crippen LogP contribution in [0.4, 0.5) is 0 Å². The van der Waals surface area contributed by atoms with E-state index in [1.54, 1.807) is 0 Å². The van der Waals surface area contributed by atoms with Crippen LogP contribution in [0.1, 0.15) is 42.9 Å². The van der Waals surface area contributed by atoms with Gasteiger partial charge in [-0.15, -0.1) is 0 Å². The lowest BCUT2D eigenvalue weighted by atomic mass is 9.87. The first-order chi connectivity index (χ1) is 7.78. The SMILES string of the molecule is CC1(c2ccc3c(c2)CC=C3)CCCCO1. The molecule has 1 nitrogen and oxygen atoms in total. The third-order valence-corrected chi connectivity index (χ3v) is 3.86. The fourth-order valence-electron chi connectivity index (χ4n) is 2.75. The Morgan fingerprint density at radius 3 is 3.00 bits per heavy atom. The van der Waals surface area contributed by atoms with Crippen molar-refractivity contribution in [2.45, 2.75) is 38.2 Å². The predicted molar refractivity (Wildman–Crippen MR) is 66.3 cm³/mol. The van der Waals surface area contributed by atoms with Gasteiger partial charge in [-0.05, 0) is 49.3 Å². The van der Waals surface area contributed by atoms with Gasteiger partial charge in [-0.25, -0.2) is 0 Å². The summed E-state index contributed by atoms with van der Waals surface area (Å²) in [7, 11) is 0. The highest BCUT2D eigenvalue weighted by Gasteiger charge is 2.30. The van der Waals surface area contributed by atoms with Crippen molar-refractivity contribution in [1.82, 2.24) is 0 Å². The number of ether oxygens (including phenoxy) is 1. The molecule has 3 rings (SSSR count). The topological polar surface area (TPSA) is 9.23 Å². The second-order valence-electron chi connectivity index (χ2n) is 5.06. The van der Waals surface area contributed by atoms with Gasteiger partial charge in [0.05, 0.1) is 5.60 Å². The Labute approximate surface area is 97.1 Å². The summed E-state index contributed by atoms with van der Waals surface area (Å²) in [6.07, 6.45) is 9.17. The minimum Gasteiger partial charge on any atom is -0.371 e. The molecule has 1 aliphatic carbocycles. The van der Waals surface area contributed by atoms with E-state index < -0.39 is 0 Å². The molecule has 0 radical (unpaired) electrons. The Bertz CT molecular complexity index is 425. The van der Waals surface area contributed by atoms with E-state index in [1.807, 2.05) is 0 Å². The quantitative estimate of drug-likeness (QED) is 0.693. The largest absolute Gasteiger partial charge is 0.371 e. The van der Waals surface area contributed by atoms with Crippen LogP contribution in [0.2, 0.25) is 0 Å². The van der Waals surface area contributed by atoms with E-state index in [2.05, 4.69) is 37.3 Å². The van der Waals surface area contributed by atoms with E-state index in [0.717, 1.165) is 19.4 Å². The van der Waals surface area contributed by atoms with Crippen LogP contribution in [0.5, 0.6) is 0 Å². The average molecular weight is 214 g/mol. The molecule has 0 N–H and O–H groups in total. The Morgan fingerprint density at radius 2 is 2.19 bits per heavy atom. The molecule has 1 atom stereocenters. The van der Waals surface area contributed by atoms with Crippen molar-refractivity contribution in [2.24, 2.45) is 0 Å². The van der Waals surface area contributed by atoms with Crippen molar-refractivity contribution in [3.63, 3.8) is 0 Å². The molecule has 16 heavy (non-hydrogen) atoms. The van der Waals surface area contributed by atoms with Gasteiger partial charge < -0.3 is 4.74 Å². The monoisotopic (exact) mass is 214 g/mol. The Morgan fingerprint density at radius 1 is 1.25 bits per heavy atom. The first-order valence-corrected chi connectivity index (χ1v) is 6.22. The molecule has 1 saturated heterocycles. The minimum absolute atomic E-state index is 0.0458. The number of hydrogen-bond acceptors (Lipinski definition) is 1. The van der Waals surface area contributed by atoms with Crippen LogP contribution >= 0.6 is 0 Å². The molecular formula is C15H18O. The van der Waals surface area contributed by atoms with Crippen molar-refractivity contribution in [3.8, 4) is 0 Å². The van der Waals surface area contributed by atoms with Gasteiger partial charge in [0.25, 0.3) is 0 Å². The van der Waals surface area contributed by atoms with E-state index in [1.165, 1.54) is 29.5 Å². The van der Waals surface area contributed by atoms with Crippen LogP contribution in [0.3, 0.4) is 0 Å². The molecule has 0 bridgehead atoms. The number of benzene rings is 1. The summed E-state index contributed by atoms with van der Waals surface area (Å²) in [5, 5.41) is 0. The molecule has 0 spiro atoms. The van der Waals surface area contributed by atoms with E-state index in [-0.39, 0.29) is 5.60 Å². The van der Waals surface area contributed by atoms with E-state index >= 15 is 0 Å². The fourth-order valence-corrected chi connectivity index (χ4v) is 2.75. The van der Waals surface area contributed by atoms with E-state index in [0.29, 0.717) is 0 Å². The maximum absolute atomic E-state index is 5.99. The third-order valence-electron chi connectivity index (χ3n) is 3.86. The van der Waals surface area contributed by atoms with Gasteiger partial charge >= 0.3 is 0 Å². The molecule has 2 aliphatic rings. The van der Waals surface area contributed by atoms with Crippen LogP contribution < -0.4 is 0 Å².